The van der Waals surface area contributed by atoms with Crippen LogP contribution in [0, 0.1) is 11.3 Å². The number of benzene rings is 1. The smallest absolute Gasteiger partial charge is 0.160 e. The van der Waals surface area contributed by atoms with Crippen molar-refractivity contribution in [1.29, 1.82) is 5.41 Å². The lowest BCUT2D eigenvalue weighted by atomic mass is 9.86. The van der Waals surface area contributed by atoms with Crippen LogP contribution >= 0.6 is 23.7 Å². The first-order valence-corrected chi connectivity index (χ1v) is 10.5. The van der Waals surface area contributed by atoms with Crippen molar-refractivity contribution in [3.05, 3.63) is 35.9 Å². The molecule has 1 saturated carbocycles. The molecule has 1 aromatic rings. The molecule has 1 fully saturated rings. The Morgan fingerprint density at radius 1 is 1.20 bits per heavy atom. The number of hydrogen-bond donors (Lipinski definition) is 3. The number of nitrogens with zero attached hydrogens (tertiary/aromatic N) is 1. The van der Waals surface area contributed by atoms with Crippen LogP contribution in [0.2, 0.25) is 0 Å². The third-order valence-electron chi connectivity index (χ3n) is 4.13. The first-order valence-electron chi connectivity index (χ1n) is 8.89. The maximum Gasteiger partial charge on any atom is 0.160 e. The summed E-state index contributed by atoms with van der Waals surface area (Å²) >= 11 is 3.09. The quantitative estimate of drug-likeness (QED) is 0.396. The van der Waals surface area contributed by atoms with Gasteiger partial charge in [-0.3, -0.25) is 15.1 Å². The van der Waals surface area contributed by atoms with E-state index in [-0.39, 0.29) is 4.75 Å². The Balaban J connectivity index is 1.71. The summed E-state index contributed by atoms with van der Waals surface area (Å²) in [6, 6.07) is 10.3. The second-order valence-corrected chi connectivity index (χ2v) is 10.2. The third-order valence-corrected chi connectivity index (χ3v) is 5.97. The highest BCUT2D eigenvalue weighted by atomic mass is 32.2. The lowest BCUT2D eigenvalue weighted by Gasteiger charge is -2.30. The molecule has 0 aromatic heterocycles. The van der Waals surface area contributed by atoms with Crippen LogP contribution in [0.15, 0.2) is 35.3 Å². The van der Waals surface area contributed by atoms with Crippen LogP contribution in [0.25, 0.3) is 0 Å². The summed E-state index contributed by atoms with van der Waals surface area (Å²) in [4.78, 5) is 4.51. The Kier molecular flexibility index (Phi) is 7.84. The van der Waals surface area contributed by atoms with Gasteiger partial charge in [-0.1, -0.05) is 42.3 Å². The van der Waals surface area contributed by atoms with Crippen molar-refractivity contribution in [3.63, 3.8) is 0 Å². The van der Waals surface area contributed by atoms with E-state index in [0.717, 1.165) is 12.1 Å². The van der Waals surface area contributed by atoms with E-state index in [9.17, 15) is 0 Å². The monoisotopic (exact) mass is 378 g/mol. The highest BCUT2D eigenvalue weighted by molar-refractivity contribution is 8.26. The maximum absolute atomic E-state index is 8.10. The molecule has 0 atom stereocenters. The molecule has 138 valence electrons. The standard InChI is InChI=1S/C19H30N4S2/c1-19(2,3)25-23-16-11-9-14(10-12-16)13-22-18(21)24-17(20)15-7-5-4-6-8-15/h4-8,14,16,20,23H,9-13H2,1-3H3,(H2,21,22). The molecule has 0 radical (unpaired) electrons. The zero-order valence-corrected chi connectivity index (χ0v) is 17.1. The SMILES string of the molecule is CC(C)(C)SNC1CCC(CN=C(N)SC(=N)c2ccccc2)CC1. The van der Waals surface area contributed by atoms with Gasteiger partial charge in [0.15, 0.2) is 5.17 Å². The summed E-state index contributed by atoms with van der Waals surface area (Å²) in [5, 5.41) is 9.05. The number of thioether (sulfide) groups is 1. The zero-order chi connectivity index (χ0) is 18.3. The van der Waals surface area contributed by atoms with Gasteiger partial charge >= 0.3 is 0 Å². The normalized spacial score (nSPS) is 22.0. The number of aliphatic imine (C=N–C) groups is 1. The number of nitrogens with one attached hydrogen (secondary N) is 2. The van der Waals surface area contributed by atoms with E-state index >= 15 is 0 Å². The zero-order valence-electron chi connectivity index (χ0n) is 15.4. The molecule has 1 aliphatic rings. The van der Waals surface area contributed by atoms with Gasteiger partial charge in [-0.2, -0.15) is 0 Å². The highest BCUT2D eigenvalue weighted by Gasteiger charge is 2.22. The van der Waals surface area contributed by atoms with E-state index in [0.29, 0.717) is 22.2 Å². The molecular formula is C19H30N4S2. The number of rotatable bonds is 5. The Morgan fingerprint density at radius 2 is 1.84 bits per heavy atom. The average molecular weight is 379 g/mol. The van der Waals surface area contributed by atoms with Crippen molar-refractivity contribution >= 4 is 33.9 Å². The van der Waals surface area contributed by atoms with Crippen molar-refractivity contribution in [2.75, 3.05) is 6.54 Å². The molecule has 0 saturated heterocycles. The summed E-state index contributed by atoms with van der Waals surface area (Å²) in [5.41, 5.74) is 6.89. The molecule has 0 heterocycles. The molecule has 1 aromatic carbocycles. The van der Waals surface area contributed by atoms with Crippen molar-refractivity contribution < 1.29 is 0 Å². The van der Waals surface area contributed by atoms with Gasteiger partial charge in [0.2, 0.25) is 0 Å². The third kappa shape index (κ3) is 7.84. The van der Waals surface area contributed by atoms with E-state index in [1.807, 2.05) is 42.3 Å². The van der Waals surface area contributed by atoms with Gasteiger partial charge in [-0.15, -0.1) is 0 Å². The van der Waals surface area contributed by atoms with E-state index in [1.165, 1.54) is 37.4 Å². The molecule has 1 aliphatic carbocycles. The van der Waals surface area contributed by atoms with Crippen LogP contribution in [-0.4, -0.2) is 27.5 Å². The number of amidine groups is 1. The molecule has 6 heteroatoms. The molecule has 0 bridgehead atoms. The molecular weight excluding hydrogens is 348 g/mol. The predicted molar refractivity (Wildman–Crippen MR) is 114 cm³/mol. The van der Waals surface area contributed by atoms with E-state index in [2.05, 4.69) is 30.5 Å². The lowest BCUT2D eigenvalue weighted by Crippen LogP contribution is -2.32. The van der Waals surface area contributed by atoms with Crippen LogP contribution in [0.4, 0.5) is 0 Å². The molecule has 2 rings (SSSR count). The van der Waals surface area contributed by atoms with E-state index in [4.69, 9.17) is 11.1 Å². The van der Waals surface area contributed by atoms with Crippen molar-refractivity contribution in [1.82, 2.24) is 4.72 Å². The second-order valence-electron chi connectivity index (χ2n) is 7.53. The van der Waals surface area contributed by atoms with Crippen molar-refractivity contribution in [2.24, 2.45) is 16.6 Å². The van der Waals surface area contributed by atoms with Gasteiger partial charge in [0.1, 0.15) is 5.04 Å². The van der Waals surface area contributed by atoms with Crippen molar-refractivity contribution in [3.8, 4) is 0 Å². The fourth-order valence-corrected chi connectivity index (χ4v) is 4.09. The van der Waals surface area contributed by atoms with Crippen LogP contribution < -0.4 is 10.5 Å². The van der Waals surface area contributed by atoms with E-state index in [1.54, 1.807) is 0 Å². The van der Waals surface area contributed by atoms with Gasteiger partial charge < -0.3 is 5.73 Å². The fraction of sp³-hybridized carbons (Fsp3) is 0.579. The first kappa shape index (κ1) is 20.3. The largest absolute Gasteiger partial charge is 0.378 e. The summed E-state index contributed by atoms with van der Waals surface area (Å²) in [5.74, 6) is 0.614. The van der Waals surface area contributed by atoms with Gasteiger partial charge in [0.05, 0.1) is 0 Å². The Labute approximate surface area is 160 Å². The minimum absolute atomic E-state index is 0.260. The number of nitrogens with two attached hydrogens (primary N) is 1. The van der Waals surface area contributed by atoms with Gasteiger partial charge in [-0.25, -0.2) is 0 Å². The Morgan fingerprint density at radius 3 is 2.44 bits per heavy atom. The fourth-order valence-electron chi connectivity index (χ4n) is 2.73. The summed E-state index contributed by atoms with van der Waals surface area (Å²) in [6.45, 7) is 7.48. The highest BCUT2D eigenvalue weighted by Crippen LogP contribution is 2.28. The van der Waals surface area contributed by atoms with E-state index < -0.39 is 0 Å². The predicted octanol–water partition coefficient (Wildman–Crippen LogP) is 4.65. The second kappa shape index (κ2) is 9.64. The Bertz CT molecular complexity index is 573. The number of hydrogen-bond acceptors (Lipinski definition) is 5. The lowest BCUT2D eigenvalue weighted by molar-refractivity contribution is 0.323. The van der Waals surface area contributed by atoms with Gasteiger partial charge in [-0.05, 0) is 64.1 Å². The molecule has 0 spiro atoms. The summed E-state index contributed by atoms with van der Waals surface area (Å²) in [6.07, 6.45) is 4.80. The van der Waals surface area contributed by atoms with Crippen LogP contribution in [0.1, 0.15) is 52.0 Å². The topological polar surface area (TPSA) is 74.3 Å². The molecule has 4 nitrogen and oxygen atoms in total. The van der Waals surface area contributed by atoms with Crippen LogP contribution in [0.3, 0.4) is 0 Å². The minimum Gasteiger partial charge on any atom is -0.378 e. The van der Waals surface area contributed by atoms with Crippen molar-refractivity contribution in [2.45, 2.75) is 57.2 Å². The summed E-state index contributed by atoms with van der Waals surface area (Å²) in [7, 11) is 0. The molecule has 0 aliphatic heterocycles. The van der Waals surface area contributed by atoms with Gasteiger partial charge in [0, 0.05) is 22.9 Å². The molecule has 0 unspecified atom stereocenters. The Hall–Kier alpha value is -0.980. The van der Waals surface area contributed by atoms with Gasteiger partial charge in [0.25, 0.3) is 0 Å². The summed E-state index contributed by atoms with van der Waals surface area (Å²) < 4.78 is 3.88. The molecule has 25 heavy (non-hydrogen) atoms. The maximum atomic E-state index is 8.10. The minimum atomic E-state index is 0.260. The average Bonchev–Trinajstić information content (AvgIpc) is 2.59. The first-order chi connectivity index (χ1) is 11.8. The molecule has 4 N–H and O–H groups in total. The molecule has 0 amide bonds. The van der Waals surface area contributed by atoms with Crippen LogP contribution in [-0.2, 0) is 0 Å². The van der Waals surface area contributed by atoms with Crippen LogP contribution in [0.5, 0.6) is 0 Å².